The van der Waals surface area contributed by atoms with Crippen LogP contribution < -0.4 is 16.0 Å². The van der Waals surface area contributed by atoms with Gasteiger partial charge in [-0.25, -0.2) is 0 Å². The lowest BCUT2D eigenvalue weighted by molar-refractivity contribution is 0.0939. The average Bonchev–Trinajstić information content (AvgIpc) is 3.46. The molecular formula is C28H34N4O2S. The Hall–Kier alpha value is -2.71. The fourth-order valence-electron chi connectivity index (χ4n) is 4.70. The number of carbonyl (C=O) groups excluding carboxylic acids is 1. The van der Waals surface area contributed by atoms with Gasteiger partial charge < -0.3 is 21.1 Å². The second-order valence-electron chi connectivity index (χ2n) is 9.79. The normalized spacial score (nSPS) is 19.3. The van der Waals surface area contributed by atoms with E-state index in [1.165, 1.54) is 9.75 Å². The van der Waals surface area contributed by atoms with Gasteiger partial charge in [-0.05, 0) is 67.3 Å². The van der Waals surface area contributed by atoms with Crippen LogP contribution in [0.4, 0.5) is 5.69 Å². The number of rotatable bonds is 8. The van der Waals surface area contributed by atoms with Gasteiger partial charge in [-0.2, -0.15) is 0 Å². The lowest BCUT2D eigenvalue weighted by Gasteiger charge is -2.29. The fraction of sp³-hybridized carbons (Fsp3) is 0.393. The molecule has 7 heteroatoms. The Morgan fingerprint density at radius 3 is 2.80 bits per heavy atom. The van der Waals surface area contributed by atoms with Crippen molar-refractivity contribution in [1.29, 1.82) is 0 Å². The van der Waals surface area contributed by atoms with E-state index < -0.39 is 0 Å². The number of likely N-dealkylation sites (tertiary alicyclic amines) is 1. The summed E-state index contributed by atoms with van der Waals surface area (Å²) in [7, 11) is 0. The third-order valence-corrected chi connectivity index (χ3v) is 8.06. The van der Waals surface area contributed by atoms with Crippen molar-refractivity contribution in [3.63, 3.8) is 0 Å². The molecule has 0 radical (unpaired) electrons. The van der Waals surface area contributed by atoms with Gasteiger partial charge in [0.2, 0.25) is 0 Å². The van der Waals surface area contributed by atoms with Crippen molar-refractivity contribution in [3.05, 3.63) is 76.2 Å². The van der Waals surface area contributed by atoms with Crippen LogP contribution in [0, 0.1) is 6.92 Å². The molecule has 0 saturated carbocycles. The minimum atomic E-state index is -0.189. The SMILES string of the molecule is Cc1ccc(NC2CNC2)cc1C(=O)NC(C)c1cccc(-c2ccc(CN3CC[C@@H](O)C3)s2)c1. The van der Waals surface area contributed by atoms with Crippen molar-refractivity contribution in [1.82, 2.24) is 15.5 Å². The number of anilines is 1. The van der Waals surface area contributed by atoms with Gasteiger partial charge >= 0.3 is 0 Å². The van der Waals surface area contributed by atoms with Crippen molar-refractivity contribution >= 4 is 22.9 Å². The van der Waals surface area contributed by atoms with E-state index in [0.717, 1.165) is 61.5 Å². The molecule has 1 aromatic heterocycles. The number of aliphatic hydroxyl groups is 1. The molecule has 2 aliphatic rings. The maximum atomic E-state index is 13.1. The van der Waals surface area contributed by atoms with E-state index in [1.54, 1.807) is 11.3 Å². The number of β-amino-alcohol motifs (C(OH)–C–C–N with tert-alkyl or cyclic N) is 1. The van der Waals surface area contributed by atoms with Crippen LogP contribution in [0.5, 0.6) is 0 Å². The van der Waals surface area contributed by atoms with Gasteiger partial charge in [0.1, 0.15) is 0 Å². The second-order valence-corrected chi connectivity index (χ2v) is 11.0. The summed E-state index contributed by atoms with van der Waals surface area (Å²) in [6.07, 6.45) is 0.674. The molecule has 0 spiro atoms. The molecule has 2 aliphatic heterocycles. The molecule has 35 heavy (non-hydrogen) atoms. The number of amides is 1. The summed E-state index contributed by atoms with van der Waals surface area (Å²) in [5.41, 5.74) is 4.91. The summed E-state index contributed by atoms with van der Waals surface area (Å²) in [5, 5.41) is 19.7. The van der Waals surface area contributed by atoms with Gasteiger partial charge in [-0.1, -0.05) is 24.3 Å². The van der Waals surface area contributed by atoms with E-state index in [1.807, 2.05) is 32.0 Å². The summed E-state index contributed by atoms with van der Waals surface area (Å²) >= 11 is 1.80. The fourth-order valence-corrected chi connectivity index (χ4v) is 5.74. The highest BCUT2D eigenvalue weighted by atomic mass is 32.1. The zero-order valence-corrected chi connectivity index (χ0v) is 21.2. The number of nitrogens with one attached hydrogen (secondary N) is 3. The smallest absolute Gasteiger partial charge is 0.252 e. The Morgan fingerprint density at radius 1 is 1.20 bits per heavy atom. The average molecular weight is 491 g/mol. The van der Waals surface area contributed by atoms with Crippen LogP contribution in [0.1, 0.15) is 45.7 Å². The molecule has 0 bridgehead atoms. The second kappa shape index (κ2) is 10.5. The van der Waals surface area contributed by atoms with Crippen molar-refractivity contribution in [2.75, 3.05) is 31.5 Å². The summed E-state index contributed by atoms with van der Waals surface area (Å²) < 4.78 is 0. The van der Waals surface area contributed by atoms with Gasteiger partial charge in [0.05, 0.1) is 18.2 Å². The van der Waals surface area contributed by atoms with E-state index in [4.69, 9.17) is 0 Å². The number of nitrogens with zero attached hydrogens (tertiary/aromatic N) is 1. The number of hydrogen-bond acceptors (Lipinski definition) is 6. The first-order valence-electron chi connectivity index (χ1n) is 12.4. The predicted octanol–water partition coefficient (Wildman–Crippen LogP) is 4.16. The molecule has 6 nitrogen and oxygen atoms in total. The monoisotopic (exact) mass is 490 g/mol. The van der Waals surface area contributed by atoms with E-state index in [-0.39, 0.29) is 18.1 Å². The third kappa shape index (κ3) is 5.76. The minimum Gasteiger partial charge on any atom is -0.392 e. The largest absolute Gasteiger partial charge is 0.392 e. The van der Waals surface area contributed by atoms with Crippen LogP contribution in [0.2, 0.25) is 0 Å². The van der Waals surface area contributed by atoms with Crippen molar-refractivity contribution in [2.45, 2.75) is 45.0 Å². The maximum absolute atomic E-state index is 13.1. The van der Waals surface area contributed by atoms with E-state index in [2.05, 4.69) is 57.2 Å². The zero-order chi connectivity index (χ0) is 24.4. The Kier molecular flexibility index (Phi) is 7.20. The zero-order valence-electron chi connectivity index (χ0n) is 20.4. The first-order chi connectivity index (χ1) is 16.9. The quantitative estimate of drug-likeness (QED) is 0.381. The standard InChI is InChI=1S/C28H34N4O2S/c1-18-6-7-22(31-23-14-29-15-23)13-26(18)28(34)30-19(2)20-4-3-5-21(12-20)27-9-8-25(35-27)17-32-11-10-24(33)16-32/h3-9,12-13,19,23-24,29,31,33H,10-11,14-17H2,1-2H3,(H,30,34)/t19?,24-/m1/s1. The molecule has 1 amide bonds. The molecule has 2 atom stereocenters. The van der Waals surface area contributed by atoms with E-state index >= 15 is 0 Å². The number of aliphatic hydroxyl groups excluding tert-OH is 1. The van der Waals surface area contributed by atoms with Gasteiger partial charge in [-0.3, -0.25) is 9.69 Å². The number of carbonyl (C=O) groups is 1. The highest BCUT2D eigenvalue weighted by Crippen LogP contribution is 2.31. The molecule has 2 saturated heterocycles. The van der Waals surface area contributed by atoms with Gasteiger partial charge in [0, 0.05) is 53.7 Å². The van der Waals surface area contributed by atoms with Crippen LogP contribution in [-0.4, -0.2) is 54.2 Å². The van der Waals surface area contributed by atoms with Gasteiger partial charge in [0.15, 0.2) is 0 Å². The maximum Gasteiger partial charge on any atom is 0.252 e. The summed E-state index contributed by atoms with van der Waals surface area (Å²) in [4.78, 5) is 18.0. The summed E-state index contributed by atoms with van der Waals surface area (Å²) in [6.45, 7) is 8.52. The molecule has 5 rings (SSSR count). The molecular weight excluding hydrogens is 456 g/mol. The molecule has 3 aromatic rings. The highest BCUT2D eigenvalue weighted by molar-refractivity contribution is 7.15. The number of benzene rings is 2. The number of hydrogen-bond donors (Lipinski definition) is 4. The number of aryl methyl sites for hydroxylation is 1. The summed E-state index contributed by atoms with van der Waals surface area (Å²) in [6, 6.07) is 19.1. The first kappa shape index (κ1) is 24.0. The van der Waals surface area contributed by atoms with E-state index in [9.17, 15) is 9.90 Å². The molecule has 4 N–H and O–H groups in total. The molecule has 3 heterocycles. The van der Waals surface area contributed by atoms with E-state index in [0.29, 0.717) is 11.6 Å². The van der Waals surface area contributed by atoms with Crippen molar-refractivity contribution in [2.24, 2.45) is 0 Å². The first-order valence-corrected chi connectivity index (χ1v) is 13.2. The van der Waals surface area contributed by atoms with Crippen molar-refractivity contribution < 1.29 is 9.90 Å². The summed E-state index contributed by atoms with van der Waals surface area (Å²) in [5.74, 6) is -0.0537. The number of thiophene rings is 1. The van der Waals surface area contributed by atoms with Crippen LogP contribution in [0.15, 0.2) is 54.6 Å². The molecule has 0 aliphatic carbocycles. The van der Waals surface area contributed by atoms with Crippen LogP contribution >= 0.6 is 11.3 Å². The van der Waals surface area contributed by atoms with Crippen LogP contribution in [-0.2, 0) is 6.54 Å². The van der Waals surface area contributed by atoms with Crippen LogP contribution in [0.3, 0.4) is 0 Å². The Bertz CT molecular complexity index is 1190. The Balaban J connectivity index is 1.25. The molecule has 1 unspecified atom stereocenters. The minimum absolute atomic E-state index is 0.0537. The van der Waals surface area contributed by atoms with Gasteiger partial charge in [-0.15, -0.1) is 11.3 Å². The molecule has 2 aromatic carbocycles. The third-order valence-electron chi connectivity index (χ3n) is 6.94. The Labute approximate surface area is 211 Å². The lowest BCUT2D eigenvalue weighted by Crippen LogP contribution is -2.51. The topological polar surface area (TPSA) is 76.6 Å². The van der Waals surface area contributed by atoms with Crippen molar-refractivity contribution in [3.8, 4) is 10.4 Å². The lowest BCUT2D eigenvalue weighted by atomic mass is 10.0. The molecule has 2 fully saturated rings. The predicted molar refractivity (Wildman–Crippen MR) is 143 cm³/mol. The van der Waals surface area contributed by atoms with Gasteiger partial charge in [0.25, 0.3) is 5.91 Å². The molecule has 184 valence electrons. The highest BCUT2D eigenvalue weighted by Gasteiger charge is 2.21. The Morgan fingerprint density at radius 2 is 2.06 bits per heavy atom. The van der Waals surface area contributed by atoms with Crippen LogP contribution in [0.25, 0.3) is 10.4 Å².